The van der Waals surface area contributed by atoms with Gasteiger partial charge in [0.1, 0.15) is 6.61 Å². The number of carbonyl (C=O) groups excluding carboxylic acids is 1. The first kappa shape index (κ1) is 14.4. The average molecular weight is 244 g/mol. The maximum Gasteiger partial charge on any atom is 0.248 e. The number of carbonyl (C=O) groups is 1. The highest BCUT2D eigenvalue weighted by atomic mass is 16.5. The molecule has 1 aliphatic rings. The van der Waals surface area contributed by atoms with Crippen LogP contribution < -0.4 is 0 Å². The number of ether oxygens (including phenoxy) is 1. The topological polar surface area (TPSA) is 53.0 Å². The Morgan fingerprint density at radius 1 is 1.35 bits per heavy atom. The molecule has 0 spiro atoms. The van der Waals surface area contributed by atoms with Crippen molar-refractivity contribution in [3.63, 3.8) is 0 Å². The van der Waals surface area contributed by atoms with E-state index >= 15 is 0 Å². The highest BCUT2D eigenvalue weighted by molar-refractivity contribution is 5.77. The average Bonchev–Trinajstić information content (AvgIpc) is 2.29. The summed E-state index contributed by atoms with van der Waals surface area (Å²) < 4.78 is 5.24. The van der Waals surface area contributed by atoms with E-state index in [1.54, 1.807) is 6.92 Å². The summed E-state index contributed by atoms with van der Waals surface area (Å²) >= 11 is 0. The summed E-state index contributed by atoms with van der Waals surface area (Å²) in [6.07, 6.45) is 0.639. The Morgan fingerprint density at radius 2 is 2.00 bits per heavy atom. The number of aliphatic hydroxyl groups excluding tert-OH is 1. The monoisotopic (exact) mass is 244 g/mol. The summed E-state index contributed by atoms with van der Waals surface area (Å²) in [5, 5.41) is 9.28. The third kappa shape index (κ3) is 5.48. The van der Waals surface area contributed by atoms with Gasteiger partial charge >= 0.3 is 0 Å². The van der Waals surface area contributed by atoms with Crippen LogP contribution in [0.15, 0.2) is 0 Å². The number of nitrogens with zero attached hydrogens (tertiary/aromatic N) is 2. The molecule has 1 saturated heterocycles. The van der Waals surface area contributed by atoms with Crippen LogP contribution in [0.25, 0.3) is 0 Å². The molecule has 0 bridgehead atoms. The Morgan fingerprint density at radius 3 is 2.53 bits per heavy atom. The molecule has 0 saturated carbocycles. The van der Waals surface area contributed by atoms with E-state index in [1.165, 1.54) is 0 Å². The number of hydrogen-bond donors (Lipinski definition) is 1. The standard InChI is InChI=1S/C12H24N2O3/c1-3-8-17-10-12(16)14-6-4-13(5-7-14)9-11(2)15/h11,15H,3-10H2,1-2H3/t11-/m1/s1. The second-order valence-electron chi connectivity index (χ2n) is 4.58. The second kappa shape index (κ2) is 7.63. The smallest absolute Gasteiger partial charge is 0.248 e. The van der Waals surface area contributed by atoms with Crippen molar-refractivity contribution in [1.29, 1.82) is 0 Å². The fourth-order valence-electron chi connectivity index (χ4n) is 1.95. The van der Waals surface area contributed by atoms with Crippen molar-refractivity contribution in [3.8, 4) is 0 Å². The van der Waals surface area contributed by atoms with Gasteiger partial charge in [0.25, 0.3) is 0 Å². The maximum atomic E-state index is 11.7. The van der Waals surface area contributed by atoms with Gasteiger partial charge in [0.15, 0.2) is 0 Å². The number of piperazine rings is 1. The van der Waals surface area contributed by atoms with Crippen molar-refractivity contribution >= 4 is 5.91 Å². The zero-order chi connectivity index (χ0) is 12.7. The van der Waals surface area contributed by atoms with Gasteiger partial charge in [0, 0.05) is 39.3 Å². The first-order valence-corrected chi connectivity index (χ1v) is 6.39. The van der Waals surface area contributed by atoms with E-state index in [-0.39, 0.29) is 18.6 Å². The van der Waals surface area contributed by atoms with Crippen LogP contribution in [0.2, 0.25) is 0 Å². The molecular formula is C12H24N2O3. The second-order valence-corrected chi connectivity index (χ2v) is 4.58. The van der Waals surface area contributed by atoms with E-state index in [9.17, 15) is 9.90 Å². The number of aliphatic hydroxyl groups is 1. The van der Waals surface area contributed by atoms with Crippen molar-refractivity contribution in [2.45, 2.75) is 26.4 Å². The molecule has 1 amide bonds. The van der Waals surface area contributed by atoms with Crippen LogP contribution in [0.4, 0.5) is 0 Å². The van der Waals surface area contributed by atoms with Gasteiger partial charge in [0.2, 0.25) is 5.91 Å². The zero-order valence-corrected chi connectivity index (χ0v) is 10.9. The van der Waals surface area contributed by atoms with E-state index in [1.807, 2.05) is 11.8 Å². The van der Waals surface area contributed by atoms with Crippen LogP contribution in [0.5, 0.6) is 0 Å². The minimum Gasteiger partial charge on any atom is -0.392 e. The van der Waals surface area contributed by atoms with E-state index in [2.05, 4.69) is 4.90 Å². The van der Waals surface area contributed by atoms with Crippen LogP contribution in [0.3, 0.4) is 0 Å². The van der Waals surface area contributed by atoms with Crippen LogP contribution in [0.1, 0.15) is 20.3 Å². The van der Waals surface area contributed by atoms with E-state index in [0.717, 1.165) is 32.6 Å². The van der Waals surface area contributed by atoms with E-state index in [0.29, 0.717) is 13.2 Å². The summed E-state index contributed by atoms with van der Waals surface area (Å²) in [7, 11) is 0. The molecule has 100 valence electrons. The summed E-state index contributed by atoms with van der Waals surface area (Å²) in [5.74, 6) is 0.0788. The molecule has 0 unspecified atom stereocenters. The first-order valence-electron chi connectivity index (χ1n) is 6.39. The quantitative estimate of drug-likeness (QED) is 0.665. The Labute approximate surface area is 103 Å². The van der Waals surface area contributed by atoms with Gasteiger partial charge in [-0.25, -0.2) is 0 Å². The lowest BCUT2D eigenvalue weighted by Gasteiger charge is -2.35. The van der Waals surface area contributed by atoms with Crippen LogP contribution in [0, 0.1) is 0 Å². The van der Waals surface area contributed by atoms with Crippen molar-refractivity contribution in [3.05, 3.63) is 0 Å². The molecule has 1 N–H and O–H groups in total. The zero-order valence-electron chi connectivity index (χ0n) is 10.9. The highest BCUT2D eigenvalue weighted by Crippen LogP contribution is 2.03. The molecule has 1 rings (SSSR count). The fourth-order valence-corrected chi connectivity index (χ4v) is 1.95. The molecule has 1 heterocycles. The number of rotatable bonds is 6. The number of β-amino-alcohol motifs (C(OH)–C–C–N with tert-alkyl or cyclic N) is 1. The SMILES string of the molecule is CCCOCC(=O)N1CCN(C[C@@H](C)O)CC1. The summed E-state index contributed by atoms with van der Waals surface area (Å²) in [4.78, 5) is 15.8. The van der Waals surface area contributed by atoms with Crippen LogP contribution in [-0.4, -0.2) is 72.9 Å². The largest absolute Gasteiger partial charge is 0.392 e. The molecule has 0 radical (unpaired) electrons. The Hall–Kier alpha value is -0.650. The van der Waals surface area contributed by atoms with Crippen molar-refractivity contribution in [1.82, 2.24) is 9.80 Å². The Balaban J connectivity index is 2.19. The van der Waals surface area contributed by atoms with Crippen molar-refractivity contribution < 1.29 is 14.6 Å². The van der Waals surface area contributed by atoms with Crippen molar-refractivity contribution in [2.24, 2.45) is 0 Å². The van der Waals surface area contributed by atoms with Gasteiger partial charge in [-0.2, -0.15) is 0 Å². The third-order valence-electron chi connectivity index (χ3n) is 2.82. The number of amides is 1. The highest BCUT2D eigenvalue weighted by Gasteiger charge is 2.21. The molecule has 0 aromatic rings. The lowest BCUT2D eigenvalue weighted by atomic mass is 10.2. The van der Waals surface area contributed by atoms with E-state index < -0.39 is 0 Å². The first-order chi connectivity index (χ1) is 8.13. The fraction of sp³-hybridized carbons (Fsp3) is 0.917. The molecule has 1 aliphatic heterocycles. The van der Waals surface area contributed by atoms with Crippen LogP contribution >= 0.6 is 0 Å². The molecule has 0 aliphatic carbocycles. The normalized spacial score (nSPS) is 19.4. The summed E-state index contributed by atoms with van der Waals surface area (Å²) in [6, 6.07) is 0. The lowest BCUT2D eigenvalue weighted by Crippen LogP contribution is -2.51. The molecule has 17 heavy (non-hydrogen) atoms. The summed E-state index contributed by atoms with van der Waals surface area (Å²) in [6.45, 7) is 8.50. The molecule has 1 fully saturated rings. The maximum absolute atomic E-state index is 11.7. The molecular weight excluding hydrogens is 220 g/mol. The van der Waals surface area contributed by atoms with E-state index in [4.69, 9.17) is 4.74 Å². The Bertz CT molecular complexity index is 226. The Kier molecular flexibility index (Phi) is 6.47. The molecule has 0 aromatic heterocycles. The predicted molar refractivity (Wildman–Crippen MR) is 65.8 cm³/mol. The predicted octanol–water partition coefficient (Wildman–Crippen LogP) is -0.0620. The number of hydrogen-bond acceptors (Lipinski definition) is 4. The molecule has 5 nitrogen and oxygen atoms in total. The van der Waals surface area contributed by atoms with Gasteiger partial charge in [-0.1, -0.05) is 6.92 Å². The van der Waals surface area contributed by atoms with Gasteiger partial charge in [-0.05, 0) is 13.3 Å². The molecule has 1 atom stereocenters. The molecule has 5 heteroatoms. The third-order valence-corrected chi connectivity index (χ3v) is 2.82. The van der Waals surface area contributed by atoms with Gasteiger partial charge in [0.05, 0.1) is 6.10 Å². The summed E-state index contributed by atoms with van der Waals surface area (Å²) in [5.41, 5.74) is 0. The van der Waals surface area contributed by atoms with Crippen molar-refractivity contribution in [2.75, 3.05) is 45.9 Å². The molecule has 0 aromatic carbocycles. The van der Waals surface area contributed by atoms with Gasteiger partial charge < -0.3 is 14.7 Å². The van der Waals surface area contributed by atoms with Crippen LogP contribution in [-0.2, 0) is 9.53 Å². The van der Waals surface area contributed by atoms with Gasteiger partial charge in [-0.15, -0.1) is 0 Å². The lowest BCUT2D eigenvalue weighted by molar-refractivity contribution is -0.138. The minimum absolute atomic E-state index is 0.0788. The van der Waals surface area contributed by atoms with Gasteiger partial charge in [-0.3, -0.25) is 9.69 Å². The minimum atomic E-state index is -0.301.